The Balaban J connectivity index is 1.77. The van der Waals surface area contributed by atoms with E-state index < -0.39 is 0 Å². The summed E-state index contributed by atoms with van der Waals surface area (Å²) in [5.74, 6) is 1.15. The summed E-state index contributed by atoms with van der Waals surface area (Å²) in [6.07, 6.45) is 3.26. The first-order chi connectivity index (χ1) is 10.7. The molecule has 0 bridgehead atoms. The first-order valence-electron chi connectivity index (χ1n) is 7.69. The molecule has 0 saturated heterocycles. The van der Waals surface area contributed by atoms with Crippen molar-refractivity contribution in [2.45, 2.75) is 33.1 Å². The van der Waals surface area contributed by atoms with Crippen molar-refractivity contribution >= 4 is 22.4 Å². The van der Waals surface area contributed by atoms with Crippen LogP contribution in [0.4, 0.5) is 5.13 Å². The van der Waals surface area contributed by atoms with E-state index >= 15 is 0 Å². The topological polar surface area (TPSA) is 51.2 Å². The number of rotatable bonds is 4. The number of aromatic nitrogens is 1. The number of nitrogens with one attached hydrogen (secondary N) is 1. The number of hydrogen-bond donors (Lipinski definition) is 1. The highest BCUT2D eigenvalue weighted by atomic mass is 32.1. The second kappa shape index (κ2) is 6.48. The number of para-hydroxylation sites is 1. The Kier molecular flexibility index (Phi) is 4.43. The molecule has 116 valence electrons. The highest BCUT2D eigenvalue weighted by Crippen LogP contribution is 2.32. The quantitative estimate of drug-likeness (QED) is 0.930. The Morgan fingerprint density at radius 3 is 3.09 bits per heavy atom. The van der Waals surface area contributed by atoms with Crippen LogP contribution in [0.25, 0.3) is 0 Å². The van der Waals surface area contributed by atoms with Gasteiger partial charge in [0.15, 0.2) is 5.13 Å². The van der Waals surface area contributed by atoms with Gasteiger partial charge >= 0.3 is 0 Å². The van der Waals surface area contributed by atoms with Crippen LogP contribution < -0.4 is 10.1 Å². The fourth-order valence-corrected chi connectivity index (χ4v) is 3.86. The van der Waals surface area contributed by atoms with Crippen LogP contribution in [-0.4, -0.2) is 17.5 Å². The molecular formula is C17H20N2O2S. The number of nitrogens with zero attached hydrogens (tertiary/aromatic N) is 1. The monoisotopic (exact) mass is 316 g/mol. The molecule has 1 aliphatic carbocycles. The lowest BCUT2D eigenvalue weighted by Crippen LogP contribution is -2.13. The summed E-state index contributed by atoms with van der Waals surface area (Å²) in [4.78, 5) is 18.3. The molecule has 3 rings (SSSR count). The van der Waals surface area contributed by atoms with Crippen molar-refractivity contribution in [2.24, 2.45) is 5.92 Å². The van der Waals surface area contributed by atoms with E-state index in [0.29, 0.717) is 29.0 Å². The number of amides is 1. The van der Waals surface area contributed by atoms with Gasteiger partial charge in [0.1, 0.15) is 5.75 Å². The molecule has 4 nitrogen and oxygen atoms in total. The van der Waals surface area contributed by atoms with E-state index in [2.05, 4.69) is 17.2 Å². The number of benzene rings is 1. The van der Waals surface area contributed by atoms with E-state index in [1.54, 1.807) is 17.4 Å². The summed E-state index contributed by atoms with van der Waals surface area (Å²) < 4.78 is 5.51. The van der Waals surface area contributed by atoms with Crippen molar-refractivity contribution < 1.29 is 9.53 Å². The van der Waals surface area contributed by atoms with Crippen LogP contribution in [0.2, 0.25) is 0 Å². The van der Waals surface area contributed by atoms with Gasteiger partial charge in [0.25, 0.3) is 5.91 Å². The average Bonchev–Trinajstić information content (AvgIpc) is 2.89. The van der Waals surface area contributed by atoms with Gasteiger partial charge in [-0.25, -0.2) is 4.98 Å². The van der Waals surface area contributed by atoms with Crippen LogP contribution in [0.1, 0.15) is 41.2 Å². The zero-order valence-corrected chi connectivity index (χ0v) is 13.7. The van der Waals surface area contributed by atoms with Crippen LogP contribution >= 0.6 is 11.3 Å². The maximum absolute atomic E-state index is 12.5. The van der Waals surface area contributed by atoms with Crippen LogP contribution in [0.15, 0.2) is 24.3 Å². The van der Waals surface area contributed by atoms with Gasteiger partial charge in [-0.3, -0.25) is 10.1 Å². The van der Waals surface area contributed by atoms with Gasteiger partial charge in [0, 0.05) is 4.88 Å². The minimum atomic E-state index is -0.164. The molecule has 0 saturated carbocycles. The largest absolute Gasteiger partial charge is 0.493 e. The number of hydrogen-bond acceptors (Lipinski definition) is 4. The third-order valence-corrected chi connectivity index (χ3v) is 4.87. The van der Waals surface area contributed by atoms with Crippen molar-refractivity contribution in [3.8, 4) is 5.75 Å². The first-order valence-corrected chi connectivity index (χ1v) is 8.50. The molecule has 5 heteroatoms. The predicted octanol–water partition coefficient (Wildman–Crippen LogP) is 3.92. The minimum absolute atomic E-state index is 0.164. The summed E-state index contributed by atoms with van der Waals surface area (Å²) >= 11 is 1.60. The van der Waals surface area contributed by atoms with Crippen molar-refractivity contribution in [2.75, 3.05) is 11.9 Å². The van der Waals surface area contributed by atoms with E-state index in [1.807, 2.05) is 25.1 Å². The Hall–Kier alpha value is -1.88. The molecule has 1 N–H and O–H groups in total. The molecule has 0 fully saturated rings. The third-order valence-electron chi connectivity index (χ3n) is 3.84. The van der Waals surface area contributed by atoms with Gasteiger partial charge in [-0.15, -0.1) is 11.3 Å². The molecule has 1 heterocycles. The maximum Gasteiger partial charge on any atom is 0.261 e. The summed E-state index contributed by atoms with van der Waals surface area (Å²) in [5.41, 5.74) is 1.70. The second-order valence-corrected chi connectivity index (χ2v) is 6.70. The molecule has 1 atom stereocenters. The highest BCUT2D eigenvalue weighted by molar-refractivity contribution is 7.15. The number of anilines is 1. The fraction of sp³-hybridized carbons (Fsp3) is 0.412. The lowest BCUT2D eigenvalue weighted by Gasteiger charge is -2.15. The maximum atomic E-state index is 12.5. The number of ether oxygens (including phenoxy) is 1. The molecule has 0 aliphatic heterocycles. The smallest absolute Gasteiger partial charge is 0.261 e. The molecule has 1 aromatic heterocycles. The summed E-state index contributed by atoms with van der Waals surface area (Å²) in [6, 6.07) is 7.29. The van der Waals surface area contributed by atoms with Crippen LogP contribution in [-0.2, 0) is 12.8 Å². The molecule has 0 unspecified atom stereocenters. The van der Waals surface area contributed by atoms with Crippen molar-refractivity contribution in [1.82, 2.24) is 4.98 Å². The number of aryl methyl sites for hydroxylation is 1. The molecule has 0 radical (unpaired) electrons. The summed E-state index contributed by atoms with van der Waals surface area (Å²) in [7, 11) is 0. The molecule has 22 heavy (non-hydrogen) atoms. The van der Waals surface area contributed by atoms with E-state index in [9.17, 15) is 4.79 Å². The first kappa shape index (κ1) is 15.0. The van der Waals surface area contributed by atoms with Gasteiger partial charge < -0.3 is 4.74 Å². The lowest BCUT2D eigenvalue weighted by molar-refractivity contribution is 0.102. The lowest BCUT2D eigenvalue weighted by atomic mass is 9.93. The molecule has 0 spiro atoms. The van der Waals surface area contributed by atoms with Crippen molar-refractivity contribution in [3.63, 3.8) is 0 Å². The zero-order valence-electron chi connectivity index (χ0n) is 12.9. The third kappa shape index (κ3) is 3.14. The Morgan fingerprint density at radius 2 is 2.27 bits per heavy atom. The highest BCUT2D eigenvalue weighted by Gasteiger charge is 2.21. The van der Waals surface area contributed by atoms with Gasteiger partial charge in [-0.2, -0.15) is 0 Å². The zero-order chi connectivity index (χ0) is 15.5. The van der Waals surface area contributed by atoms with Gasteiger partial charge in [0.2, 0.25) is 0 Å². The van der Waals surface area contributed by atoms with E-state index in [-0.39, 0.29) is 5.91 Å². The van der Waals surface area contributed by atoms with Gasteiger partial charge in [0.05, 0.1) is 17.9 Å². The minimum Gasteiger partial charge on any atom is -0.493 e. The summed E-state index contributed by atoms with van der Waals surface area (Å²) in [6.45, 7) is 4.71. The van der Waals surface area contributed by atoms with Gasteiger partial charge in [-0.1, -0.05) is 19.1 Å². The Bertz CT molecular complexity index is 681. The van der Waals surface area contributed by atoms with Crippen molar-refractivity contribution in [3.05, 3.63) is 40.4 Å². The fourth-order valence-electron chi connectivity index (χ4n) is 2.69. The standard InChI is InChI=1S/C17H20N2O2S/c1-3-21-14-7-5-4-6-12(14)16(20)19-17-18-13-9-8-11(2)10-15(13)22-17/h4-7,11H,3,8-10H2,1-2H3,(H,18,19,20)/t11-/m1/s1. The van der Waals surface area contributed by atoms with Crippen LogP contribution in [0.3, 0.4) is 0 Å². The number of carbonyl (C=O) groups is 1. The molecule has 1 aromatic carbocycles. The Labute approximate surface area is 134 Å². The number of thiazole rings is 1. The number of carbonyl (C=O) groups excluding carboxylic acids is 1. The summed E-state index contributed by atoms with van der Waals surface area (Å²) in [5, 5.41) is 3.61. The SMILES string of the molecule is CCOc1ccccc1C(=O)Nc1nc2c(s1)C[C@H](C)CC2. The van der Waals surface area contributed by atoms with E-state index in [1.165, 1.54) is 11.3 Å². The molecule has 1 aliphatic rings. The van der Waals surface area contributed by atoms with Crippen LogP contribution in [0, 0.1) is 5.92 Å². The van der Waals surface area contributed by atoms with Crippen LogP contribution in [0.5, 0.6) is 5.75 Å². The normalized spacial score (nSPS) is 16.9. The predicted molar refractivity (Wildman–Crippen MR) is 88.9 cm³/mol. The molecule has 1 amide bonds. The number of fused-ring (bicyclic) bond motifs is 1. The Morgan fingerprint density at radius 1 is 1.45 bits per heavy atom. The second-order valence-electron chi connectivity index (χ2n) is 5.62. The van der Waals surface area contributed by atoms with E-state index in [0.717, 1.165) is 18.5 Å². The van der Waals surface area contributed by atoms with Crippen molar-refractivity contribution in [1.29, 1.82) is 0 Å². The molecular weight excluding hydrogens is 296 g/mol. The molecule has 2 aromatic rings. The van der Waals surface area contributed by atoms with E-state index in [4.69, 9.17) is 4.74 Å². The average molecular weight is 316 g/mol. The van der Waals surface area contributed by atoms with Gasteiger partial charge in [-0.05, 0) is 44.2 Å².